The van der Waals surface area contributed by atoms with Crippen molar-refractivity contribution in [2.75, 3.05) is 19.0 Å². The number of rotatable bonds is 4. The van der Waals surface area contributed by atoms with Crippen LogP contribution in [-0.4, -0.2) is 29.4 Å². The van der Waals surface area contributed by atoms with Crippen LogP contribution >= 0.6 is 0 Å². The largest absolute Gasteiger partial charge is 0.341 e. The van der Waals surface area contributed by atoms with Crippen molar-refractivity contribution in [3.63, 3.8) is 0 Å². The summed E-state index contributed by atoms with van der Waals surface area (Å²) in [4.78, 5) is 18.6. The second-order valence-electron chi connectivity index (χ2n) is 5.34. The number of benzene rings is 1. The first-order valence-electron chi connectivity index (χ1n) is 6.80. The van der Waals surface area contributed by atoms with Crippen molar-refractivity contribution in [2.45, 2.75) is 12.8 Å². The highest BCUT2D eigenvalue weighted by molar-refractivity contribution is 6.09. The van der Waals surface area contributed by atoms with E-state index in [1.807, 2.05) is 31.3 Å². The predicted octanol–water partition coefficient (Wildman–Crippen LogP) is 2.00. The number of anilines is 1. The molecule has 1 fully saturated rings. The van der Waals surface area contributed by atoms with Gasteiger partial charge in [0.15, 0.2) is 0 Å². The maximum Gasteiger partial charge on any atom is 0.255 e. The lowest BCUT2D eigenvalue weighted by Crippen LogP contribution is -2.29. The Balaban J connectivity index is 2.00. The molecule has 3 N–H and O–H groups in total. The standard InChI is InChI=1S/C15H18N4O/c1-19(9-10-6-7-10)15(20)13-8-17-14(18-16)12-5-3-2-4-11(12)13/h2-5,8,10H,6-7,9,16H2,1H3,(H,17,18). The summed E-state index contributed by atoms with van der Waals surface area (Å²) in [5.74, 6) is 6.75. The number of fused-ring (bicyclic) bond motifs is 1. The first-order valence-corrected chi connectivity index (χ1v) is 6.80. The summed E-state index contributed by atoms with van der Waals surface area (Å²) >= 11 is 0. The molecule has 2 aromatic rings. The normalized spacial score (nSPS) is 14.3. The third kappa shape index (κ3) is 2.32. The molecule has 0 unspecified atom stereocenters. The smallest absolute Gasteiger partial charge is 0.255 e. The topological polar surface area (TPSA) is 71.2 Å². The third-order valence-corrected chi connectivity index (χ3v) is 3.74. The zero-order valence-electron chi connectivity index (χ0n) is 11.5. The van der Waals surface area contributed by atoms with Crippen LogP contribution in [0.5, 0.6) is 0 Å². The van der Waals surface area contributed by atoms with Crippen LogP contribution in [0.25, 0.3) is 10.8 Å². The van der Waals surface area contributed by atoms with E-state index in [2.05, 4.69) is 10.4 Å². The number of nitrogen functional groups attached to an aromatic ring is 1. The van der Waals surface area contributed by atoms with Gasteiger partial charge in [-0.1, -0.05) is 24.3 Å². The minimum absolute atomic E-state index is 0.0178. The third-order valence-electron chi connectivity index (χ3n) is 3.74. The van der Waals surface area contributed by atoms with Gasteiger partial charge < -0.3 is 10.3 Å². The Morgan fingerprint density at radius 1 is 1.40 bits per heavy atom. The van der Waals surface area contributed by atoms with Gasteiger partial charge in [-0.2, -0.15) is 0 Å². The molecular weight excluding hydrogens is 252 g/mol. The highest BCUT2D eigenvalue weighted by Gasteiger charge is 2.26. The number of hydrogen-bond donors (Lipinski definition) is 2. The quantitative estimate of drug-likeness (QED) is 0.658. The van der Waals surface area contributed by atoms with E-state index >= 15 is 0 Å². The molecule has 0 radical (unpaired) electrons. The van der Waals surface area contributed by atoms with Crippen LogP contribution in [-0.2, 0) is 0 Å². The van der Waals surface area contributed by atoms with Crippen molar-refractivity contribution < 1.29 is 4.79 Å². The Kier molecular flexibility index (Phi) is 3.28. The summed E-state index contributed by atoms with van der Waals surface area (Å²) in [5, 5.41) is 1.74. The molecular formula is C15H18N4O. The van der Waals surface area contributed by atoms with Gasteiger partial charge >= 0.3 is 0 Å². The zero-order chi connectivity index (χ0) is 14.1. The molecule has 0 atom stereocenters. The Hall–Kier alpha value is -2.14. The molecule has 1 aromatic carbocycles. The highest BCUT2D eigenvalue weighted by Crippen LogP contribution is 2.30. The van der Waals surface area contributed by atoms with Gasteiger partial charge in [0, 0.05) is 25.2 Å². The number of nitrogens with one attached hydrogen (secondary N) is 1. The molecule has 1 aromatic heterocycles. The molecule has 0 saturated heterocycles. The van der Waals surface area contributed by atoms with Crippen molar-refractivity contribution in [2.24, 2.45) is 11.8 Å². The molecule has 1 saturated carbocycles. The van der Waals surface area contributed by atoms with E-state index in [0.717, 1.165) is 17.3 Å². The second-order valence-corrected chi connectivity index (χ2v) is 5.34. The van der Waals surface area contributed by atoms with E-state index in [9.17, 15) is 4.79 Å². The minimum atomic E-state index is 0.0178. The summed E-state index contributed by atoms with van der Waals surface area (Å²) in [7, 11) is 1.85. The van der Waals surface area contributed by atoms with Crippen molar-refractivity contribution in [3.8, 4) is 0 Å². The van der Waals surface area contributed by atoms with Gasteiger partial charge in [-0.05, 0) is 24.1 Å². The first-order chi connectivity index (χ1) is 9.70. The Morgan fingerprint density at radius 2 is 2.10 bits per heavy atom. The lowest BCUT2D eigenvalue weighted by Gasteiger charge is -2.18. The summed E-state index contributed by atoms with van der Waals surface area (Å²) in [6, 6.07) is 7.67. The average molecular weight is 270 g/mol. The van der Waals surface area contributed by atoms with Crippen LogP contribution in [0.4, 0.5) is 5.82 Å². The number of carbonyl (C=O) groups is 1. The average Bonchev–Trinajstić information content (AvgIpc) is 3.29. The van der Waals surface area contributed by atoms with Crippen LogP contribution in [0.3, 0.4) is 0 Å². The van der Waals surface area contributed by atoms with E-state index in [-0.39, 0.29) is 5.91 Å². The minimum Gasteiger partial charge on any atom is -0.341 e. The molecule has 104 valence electrons. The van der Waals surface area contributed by atoms with Gasteiger partial charge in [0.1, 0.15) is 5.82 Å². The number of hydrogen-bond acceptors (Lipinski definition) is 4. The number of nitrogens with zero attached hydrogens (tertiary/aromatic N) is 2. The fraction of sp³-hybridized carbons (Fsp3) is 0.333. The maximum absolute atomic E-state index is 12.6. The van der Waals surface area contributed by atoms with Crippen molar-refractivity contribution in [1.82, 2.24) is 9.88 Å². The number of amides is 1. The number of nitrogens with two attached hydrogens (primary N) is 1. The summed E-state index contributed by atoms with van der Waals surface area (Å²) in [5.41, 5.74) is 3.20. The van der Waals surface area contributed by atoms with Crippen LogP contribution in [0.1, 0.15) is 23.2 Å². The summed E-state index contributed by atoms with van der Waals surface area (Å²) in [6.45, 7) is 0.823. The van der Waals surface area contributed by atoms with Gasteiger partial charge in [0.2, 0.25) is 0 Å². The molecule has 0 bridgehead atoms. The molecule has 3 rings (SSSR count). The zero-order valence-corrected chi connectivity index (χ0v) is 11.5. The van der Waals surface area contributed by atoms with Crippen LogP contribution in [0.15, 0.2) is 30.5 Å². The SMILES string of the molecule is CN(CC1CC1)C(=O)c1cnc(NN)c2ccccc12. The van der Waals surface area contributed by atoms with E-state index in [1.165, 1.54) is 12.8 Å². The number of hydrazine groups is 1. The summed E-state index contributed by atoms with van der Waals surface area (Å²) in [6.07, 6.45) is 4.06. The lowest BCUT2D eigenvalue weighted by molar-refractivity contribution is 0.0790. The fourth-order valence-corrected chi connectivity index (χ4v) is 2.45. The van der Waals surface area contributed by atoms with E-state index < -0.39 is 0 Å². The van der Waals surface area contributed by atoms with E-state index in [4.69, 9.17) is 5.84 Å². The monoisotopic (exact) mass is 270 g/mol. The van der Waals surface area contributed by atoms with Crippen molar-refractivity contribution in [3.05, 3.63) is 36.0 Å². The Morgan fingerprint density at radius 3 is 2.75 bits per heavy atom. The first kappa shape index (κ1) is 12.9. The number of aromatic nitrogens is 1. The van der Waals surface area contributed by atoms with Crippen molar-refractivity contribution in [1.29, 1.82) is 0 Å². The van der Waals surface area contributed by atoms with E-state index in [1.54, 1.807) is 11.1 Å². The number of pyridine rings is 1. The van der Waals surface area contributed by atoms with Gasteiger partial charge in [-0.15, -0.1) is 0 Å². The predicted molar refractivity (Wildman–Crippen MR) is 79.2 cm³/mol. The van der Waals surface area contributed by atoms with Crippen molar-refractivity contribution >= 4 is 22.5 Å². The highest BCUT2D eigenvalue weighted by atomic mass is 16.2. The second kappa shape index (κ2) is 5.09. The Bertz CT molecular complexity index is 651. The van der Waals surface area contributed by atoms with Gasteiger partial charge in [0.05, 0.1) is 5.56 Å². The molecule has 1 amide bonds. The van der Waals surface area contributed by atoms with Crippen LogP contribution < -0.4 is 11.3 Å². The number of carbonyl (C=O) groups excluding carboxylic acids is 1. The van der Waals surface area contributed by atoms with Gasteiger partial charge in [-0.3, -0.25) is 4.79 Å². The summed E-state index contributed by atoms with van der Waals surface area (Å²) < 4.78 is 0. The van der Waals surface area contributed by atoms with Gasteiger partial charge in [-0.25, -0.2) is 10.8 Å². The molecule has 1 heterocycles. The van der Waals surface area contributed by atoms with E-state index in [0.29, 0.717) is 17.3 Å². The molecule has 5 nitrogen and oxygen atoms in total. The molecule has 1 aliphatic carbocycles. The molecule has 0 spiro atoms. The lowest BCUT2D eigenvalue weighted by atomic mass is 10.1. The maximum atomic E-state index is 12.6. The fourth-order valence-electron chi connectivity index (χ4n) is 2.45. The van der Waals surface area contributed by atoms with Gasteiger partial charge in [0.25, 0.3) is 5.91 Å². The van der Waals surface area contributed by atoms with Crippen LogP contribution in [0, 0.1) is 5.92 Å². The molecule has 0 aliphatic heterocycles. The molecule has 5 heteroatoms. The Labute approximate surface area is 117 Å². The van der Waals surface area contributed by atoms with Crippen LogP contribution in [0.2, 0.25) is 0 Å². The molecule has 20 heavy (non-hydrogen) atoms. The molecule has 1 aliphatic rings.